The molecule has 0 aliphatic heterocycles. The third kappa shape index (κ3) is 6.91. The molecule has 324 valence electrons. The van der Waals surface area contributed by atoms with E-state index < -0.39 is 8.07 Å². The molecule has 13 aromatic rings. The van der Waals surface area contributed by atoms with Crippen molar-refractivity contribution in [3.63, 3.8) is 0 Å². The highest BCUT2D eigenvalue weighted by Crippen LogP contribution is 2.38. The first-order valence-corrected chi connectivity index (χ1v) is 26.2. The molecule has 0 unspecified atom stereocenters. The number of aromatic nitrogens is 4. The molecule has 10 aromatic carbocycles. The fourth-order valence-electron chi connectivity index (χ4n) is 10.5. The van der Waals surface area contributed by atoms with Crippen molar-refractivity contribution in [2.24, 2.45) is 0 Å². The van der Waals surface area contributed by atoms with E-state index in [0.717, 1.165) is 39.0 Å². The van der Waals surface area contributed by atoms with Crippen molar-refractivity contribution in [2.75, 3.05) is 0 Å². The Balaban J connectivity index is 1.01. The summed E-state index contributed by atoms with van der Waals surface area (Å²) in [5.41, 5.74) is 8.33. The average molecular weight is 915 g/mol. The summed E-state index contributed by atoms with van der Waals surface area (Å²) >= 11 is 1.84. The molecule has 0 saturated carbocycles. The monoisotopic (exact) mass is 914 g/mol. The lowest BCUT2D eigenvalue weighted by molar-refractivity contribution is 1.06. The number of benzene rings is 10. The Morgan fingerprint density at radius 3 is 1.43 bits per heavy atom. The van der Waals surface area contributed by atoms with Gasteiger partial charge in [0.25, 0.3) is 0 Å². The van der Waals surface area contributed by atoms with Gasteiger partial charge >= 0.3 is 0 Å². The molecular formula is C63H42N4SSi. The number of nitrogens with zero attached hydrogens (tertiary/aromatic N) is 4. The number of para-hydroxylation sites is 3. The standard InChI is InChI=1S/C63H42N4SSi/c1-4-20-47(21-5-1)69(48-22-6-2-7-23-48,49-24-8-3-9-25-49)50-26-18-19-46(41-50)62-64-61(44-37-35-43(36-38-44)45-39-40-60-55(42-45)53-29-13-17-34-59(53)68-60)65-63(66-62)54-30-12-16-33-58(54)67-56-31-14-10-27-51(56)52-28-11-15-32-57(52)67/h1-42H. The molecule has 4 nitrogen and oxygen atoms in total. The normalized spacial score (nSPS) is 11.8. The smallest absolute Gasteiger partial charge is 0.179 e. The Bertz CT molecular complexity index is 3860. The molecule has 0 radical (unpaired) electrons. The van der Waals surface area contributed by atoms with Crippen LogP contribution < -0.4 is 20.7 Å². The minimum Gasteiger partial charge on any atom is -0.309 e. The second-order valence-electron chi connectivity index (χ2n) is 17.5. The first-order valence-electron chi connectivity index (χ1n) is 23.3. The van der Waals surface area contributed by atoms with E-state index in [0.29, 0.717) is 17.5 Å². The van der Waals surface area contributed by atoms with Gasteiger partial charge < -0.3 is 4.57 Å². The number of thiophene rings is 1. The Morgan fingerprint density at radius 1 is 0.304 bits per heavy atom. The fourth-order valence-corrected chi connectivity index (χ4v) is 16.3. The third-order valence-electron chi connectivity index (χ3n) is 13.6. The summed E-state index contributed by atoms with van der Waals surface area (Å²) < 4.78 is 4.95. The van der Waals surface area contributed by atoms with Crippen molar-refractivity contribution in [3.8, 4) is 51.0 Å². The van der Waals surface area contributed by atoms with Crippen LogP contribution in [-0.2, 0) is 0 Å². The van der Waals surface area contributed by atoms with Crippen LogP contribution >= 0.6 is 11.3 Å². The maximum Gasteiger partial charge on any atom is 0.179 e. The van der Waals surface area contributed by atoms with E-state index in [1.54, 1.807) is 0 Å². The van der Waals surface area contributed by atoms with E-state index in [9.17, 15) is 0 Å². The largest absolute Gasteiger partial charge is 0.309 e. The second kappa shape index (κ2) is 17.0. The SMILES string of the molecule is c1ccc([Si](c2ccccc2)(c2ccccc2)c2cccc(-c3nc(-c4ccc(-c5ccc6sc7ccccc7c6c5)cc4)nc(-c4ccccc4-n4c5ccccc5c5ccccc54)n3)c2)cc1. The molecule has 0 spiro atoms. The number of hydrogen-bond acceptors (Lipinski definition) is 4. The Kier molecular flexibility index (Phi) is 10.00. The van der Waals surface area contributed by atoms with Gasteiger partial charge in [-0.15, -0.1) is 11.3 Å². The molecule has 0 bridgehead atoms. The van der Waals surface area contributed by atoms with E-state index in [1.807, 2.05) is 11.3 Å². The van der Waals surface area contributed by atoms with Gasteiger partial charge in [-0.3, -0.25) is 0 Å². The van der Waals surface area contributed by atoms with Crippen molar-refractivity contribution in [2.45, 2.75) is 0 Å². The molecular weight excluding hydrogens is 873 g/mol. The van der Waals surface area contributed by atoms with Crippen LogP contribution in [-0.4, -0.2) is 27.6 Å². The van der Waals surface area contributed by atoms with E-state index in [4.69, 9.17) is 15.0 Å². The molecule has 0 atom stereocenters. The summed E-state index contributed by atoms with van der Waals surface area (Å²) in [4.78, 5) is 16.2. The van der Waals surface area contributed by atoms with Crippen molar-refractivity contribution in [3.05, 3.63) is 255 Å². The van der Waals surface area contributed by atoms with E-state index in [1.165, 1.54) is 57.3 Å². The van der Waals surface area contributed by atoms with Gasteiger partial charge in [-0.1, -0.05) is 212 Å². The molecule has 0 fully saturated rings. The van der Waals surface area contributed by atoms with Crippen molar-refractivity contribution < 1.29 is 0 Å². The molecule has 69 heavy (non-hydrogen) atoms. The number of rotatable bonds is 9. The van der Waals surface area contributed by atoms with Crippen LogP contribution in [0.5, 0.6) is 0 Å². The Hall–Kier alpha value is -8.55. The predicted octanol–water partition coefficient (Wildman–Crippen LogP) is 13.4. The molecule has 0 aliphatic rings. The van der Waals surface area contributed by atoms with Crippen LogP contribution in [0, 0.1) is 0 Å². The number of hydrogen-bond donors (Lipinski definition) is 0. The van der Waals surface area contributed by atoms with Crippen molar-refractivity contribution >= 4 is 82.1 Å². The minimum absolute atomic E-state index is 0.606. The minimum atomic E-state index is -2.86. The van der Waals surface area contributed by atoms with Crippen molar-refractivity contribution in [1.29, 1.82) is 0 Å². The van der Waals surface area contributed by atoms with Crippen LogP contribution in [0.3, 0.4) is 0 Å². The average Bonchev–Trinajstić information content (AvgIpc) is 3.98. The van der Waals surface area contributed by atoms with Gasteiger partial charge in [0.1, 0.15) is 0 Å². The maximum atomic E-state index is 5.47. The van der Waals surface area contributed by atoms with Gasteiger partial charge in [-0.05, 0) is 74.3 Å². The first kappa shape index (κ1) is 40.7. The highest BCUT2D eigenvalue weighted by molar-refractivity contribution is 7.25. The van der Waals surface area contributed by atoms with Crippen LogP contribution in [0.25, 0.3) is 93.0 Å². The summed E-state index contributed by atoms with van der Waals surface area (Å²) in [6.07, 6.45) is 0. The van der Waals surface area contributed by atoms with Gasteiger partial charge in [0.15, 0.2) is 25.5 Å². The van der Waals surface area contributed by atoms with E-state index >= 15 is 0 Å². The molecule has 0 amide bonds. The topological polar surface area (TPSA) is 43.6 Å². The van der Waals surface area contributed by atoms with Crippen LogP contribution in [0.4, 0.5) is 0 Å². The molecule has 3 aromatic heterocycles. The zero-order valence-corrected chi connectivity index (χ0v) is 39.3. The van der Waals surface area contributed by atoms with Crippen LogP contribution in [0.1, 0.15) is 0 Å². The zero-order chi connectivity index (χ0) is 45.7. The molecule has 6 heteroatoms. The van der Waals surface area contributed by atoms with Gasteiger partial charge in [0.05, 0.1) is 16.7 Å². The van der Waals surface area contributed by atoms with Gasteiger partial charge in [-0.25, -0.2) is 15.0 Å². The van der Waals surface area contributed by atoms with Crippen molar-refractivity contribution in [1.82, 2.24) is 19.5 Å². The summed E-state index contributed by atoms with van der Waals surface area (Å²) in [6, 6.07) is 92.0. The zero-order valence-electron chi connectivity index (χ0n) is 37.4. The van der Waals surface area contributed by atoms with E-state index in [-0.39, 0.29) is 0 Å². The molecule has 13 rings (SSSR count). The Morgan fingerprint density at radius 2 is 0.783 bits per heavy atom. The molecule has 0 saturated heterocycles. The quantitative estimate of drug-likeness (QED) is 0.107. The number of fused-ring (bicyclic) bond motifs is 6. The summed E-state index contributed by atoms with van der Waals surface area (Å²) in [6.45, 7) is 0. The maximum absolute atomic E-state index is 5.47. The third-order valence-corrected chi connectivity index (χ3v) is 19.6. The fraction of sp³-hybridized carbons (Fsp3) is 0. The second-order valence-corrected chi connectivity index (χ2v) is 22.4. The van der Waals surface area contributed by atoms with E-state index in [2.05, 4.69) is 259 Å². The lowest BCUT2D eigenvalue weighted by Crippen LogP contribution is -2.74. The van der Waals surface area contributed by atoms with Gasteiger partial charge in [-0.2, -0.15) is 0 Å². The van der Waals surface area contributed by atoms with Crippen LogP contribution in [0.15, 0.2) is 255 Å². The Labute approximate surface area is 405 Å². The van der Waals surface area contributed by atoms with Gasteiger partial charge in [0, 0.05) is 47.6 Å². The lowest BCUT2D eigenvalue weighted by Gasteiger charge is -2.34. The molecule has 0 aliphatic carbocycles. The van der Waals surface area contributed by atoms with Gasteiger partial charge in [0.2, 0.25) is 0 Å². The molecule has 0 N–H and O–H groups in total. The summed E-state index contributed by atoms with van der Waals surface area (Å²) in [7, 11) is -2.86. The first-order chi connectivity index (χ1) is 34.2. The molecule has 3 heterocycles. The highest BCUT2D eigenvalue weighted by atomic mass is 32.1. The summed E-state index contributed by atoms with van der Waals surface area (Å²) in [5.74, 6) is 1.83. The lowest BCUT2D eigenvalue weighted by atomic mass is 10.0. The highest BCUT2D eigenvalue weighted by Gasteiger charge is 2.41. The van der Waals surface area contributed by atoms with Crippen LogP contribution in [0.2, 0.25) is 0 Å². The predicted molar refractivity (Wildman–Crippen MR) is 292 cm³/mol. The summed E-state index contributed by atoms with van der Waals surface area (Å²) in [5, 5.41) is 10.2.